The van der Waals surface area contributed by atoms with Crippen molar-refractivity contribution in [3.8, 4) is 0 Å². The molecule has 3 heterocycles. The number of fused-ring (bicyclic) bond motifs is 1. The summed E-state index contributed by atoms with van der Waals surface area (Å²) in [6.45, 7) is 4.26. The fourth-order valence-corrected chi connectivity index (χ4v) is 4.68. The first-order valence-electron chi connectivity index (χ1n) is 8.77. The Morgan fingerprint density at radius 3 is 2.66 bits per heavy atom. The molecule has 0 spiro atoms. The van der Waals surface area contributed by atoms with E-state index in [1.165, 1.54) is 28.4 Å². The molecule has 0 radical (unpaired) electrons. The minimum atomic E-state index is -0.492. The van der Waals surface area contributed by atoms with Gasteiger partial charge in [-0.15, -0.1) is 0 Å². The van der Waals surface area contributed by atoms with Crippen LogP contribution in [0.3, 0.4) is 0 Å². The Balaban J connectivity index is 1.78. The van der Waals surface area contributed by atoms with Gasteiger partial charge in [-0.2, -0.15) is 0 Å². The Bertz CT molecular complexity index is 1220. The maximum Gasteiger partial charge on any atom is 0.324 e. The summed E-state index contributed by atoms with van der Waals surface area (Å²) in [5.41, 5.74) is 3.77. The van der Waals surface area contributed by atoms with Crippen molar-refractivity contribution in [3.05, 3.63) is 80.5 Å². The molecule has 29 heavy (non-hydrogen) atoms. The van der Waals surface area contributed by atoms with Gasteiger partial charge < -0.3 is 0 Å². The van der Waals surface area contributed by atoms with Crippen molar-refractivity contribution in [1.29, 1.82) is 0 Å². The number of aryl methyl sites for hydroxylation is 2. The van der Waals surface area contributed by atoms with E-state index in [4.69, 9.17) is 4.98 Å². The van der Waals surface area contributed by atoms with Gasteiger partial charge in [0, 0.05) is 12.3 Å². The lowest BCUT2D eigenvalue weighted by molar-refractivity contribution is -0.380. The number of benzene rings is 1. The SMILES string of the molecule is Cc1ccc2sc(N(Cc3ccccn3)C(=O)c3ccc([N+](=O)[O-])s3)nc2c1C. The molecular formula is C20H16N4O3S2. The third-order valence-corrected chi connectivity index (χ3v) is 6.65. The van der Waals surface area contributed by atoms with E-state index in [9.17, 15) is 14.9 Å². The molecule has 1 amide bonds. The monoisotopic (exact) mass is 424 g/mol. The molecule has 4 aromatic rings. The fourth-order valence-electron chi connectivity index (χ4n) is 2.88. The number of aromatic nitrogens is 2. The van der Waals surface area contributed by atoms with Gasteiger partial charge in [0.25, 0.3) is 5.91 Å². The average molecular weight is 425 g/mol. The summed E-state index contributed by atoms with van der Waals surface area (Å²) in [6, 6.07) is 12.4. The summed E-state index contributed by atoms with van der Waals surface area (Å²) >= 11 is 2.28. The van der Waals surface area contributed by atoms with Crippen LogP contribution >= 0.6 is 22.7 Å². The number of nitrogens with zero attached hydrogens (tertiary/aromatic N) is 4. The number of nitro groups is 1. The smallest absolute Gasteiger partial charge is 0.277 e. The average Bonchev–Trinajstić information content (AvgIpc) is 3.37. The van der Waals surface area contributed by atoms with Crippen LogP contribution in [0.2, 0.25) is 0 Å². The second-order valence-corrected chi connectivity index (χ2v) is 8.53. The van der Waals surface area contributed by atoms with Crippen LogP contribution in [0.1, 0.15) is 26.5 Å². The molecule has 0 bridgehead atoms. The number of carbonyl (C=O) groups is 1. The van der Waals surface area contributed by atoms with Crippen LogP contribution in [0.15, 0.2) is 48.7 Å². The van der Waals surface area contributed by atoms with Gasteiger partial charge in [0.2, 0.25) is 0 Å². The number of rotatable bonds is 5. The molecule has 0 saturated heterocycles. The molecule has 0 aliphatic carbocycles. The molecule has 0 N–H and O–H groups in total. The zero-order valence-corrected chi connectivity index (χ0v) is 17.3. The number of amides is 1. The van der Waals surface area contributed by atoms with Crippen molar-refractivity contribution in [2.45, 2.75) is 20.4 Å². The van der Waals surface area contributed by atoms with Crippen LogP contribution in [0.4, 0.5) is 10.1 Å². The predicted octanol–water partition coefficient (Wildman–Crippen LogP) is 5.12. The highest BCUT2D eigenvalue weighted by molar-refractivity contribution is 7.22. The summed E-state index contributed by atoms with van der Waals surface area (Å²) in [7, 11) is 0. The molecule has 7 nitrogen and oxygen atoms in total. The molecule has 0 unspecified atom stereocenters. The maximum atomic E-state index is 13.3. The molecule has 0 aliphatic rings. The first-order chi connectivity index (χ1) is 13.9. The van der Waals surface area contributed by atoms with Crippen LogP contribution in [0, 0.1) is 24.0 Å². The largest absolute Gasteiger partial charge is 0.324 e. The molecule has 146 valence electrons. The maximum absolute atomic E-state index is 13.3. The third kappa shape index (κ3) is 3.74. The third-order valence-electron chi connectivity index (χ3n) is 4.58. The highest BCUT2D eigenvalue weighted by Crippen LogP contribution is 2.34. The Morgan fingerprint density at radius 2 is 1.97 bits per heavy atom. The molecule has 0 aliphatic heterocycles. The normalized spacial score (nSPS) is 11.0. The van der Waals surface area contributed by atoms with Crippen LogP contribution < -0.4 is 4.90 Å². The van der Waals surface area contributed by atoms with E-state index < -0.39 is 4.92 Å². The van der Waals surface area contributed by atoms with Gasteiger partial charge in [0.15, 0.2) is 5.13 Å². The Kier molecular flexibility index (Phi) is 5.08. The lowest BCUT2D eigenvalue weighted by atomic mass is 10.1. The Labute approximate surface area is 174 Å². The van der Waals surface area contributed by atoms with Crippen molar-refractivity contribution >= 4 is 48.9 Å². The number of pyridine rings is 1. The van der Waals surface area contributed by atoms with Gasteiger partial charge in [-0.3, -0.25) is 24.8 Å². The van der Waals surface area contributed by atoms with E-state index in [1.807, 2.05) is 44.2 Å². The summed E-state index contributed by atoms with van der Waals surface area (Å²) in [6.07, 6.45) is 1.67. The standard InChI is InChI=1S/C20H16N4O3S2/c1-12-6-7-15-18(13(12)2)22-20(29-15)23(11-14-5-3-4-10-21-14)19(25)16-8-9-17(28-16)24(26)27/h3-10H,11H2,1-2H3. The molecular weight excluding hydrogens is 408 g/mol. The van der Waals surface area contributed by atoms with Crippen molar-refractivity contribution in [1.82, 2.24) is 9.97 Å². The van der Waals surface area contributed by atoms with Gasteiger partial charge >= 0.3 is 5.00 Å². The lowest BCUT2D eigenvalue weighted by Gasteiger charge is -2.18. The number of carbonyl (C=O) groups excluding carboxylic acids is 1. The topological polar surface area (TPSA) is 89.2 Å². The summed E-state index contributed by atoms with van der Waals surface area (Å²) in [5, 5.41) is 11.5. The van der Waals surface area contributed by atoms with Gasteiger partial charge in [-0.1, -0.05) is 34.8 Å². The number of thiophene rings is 1. The second kappa shape index (κ2) is 7.69. The van der Waals surface area contributed by atoms with Gasteiger partial charge in [0.05, 0.1) is 32.3 Å². The first kappa shape index (κ1) is 19.2. The Morgan fingerprint density at radius 1 is 1.14 bits per heavy atom. The fraction of sp³-hybridized carbons (Fsp3) is 0.150. The van der Waals surface area contributed by atoms with E-state index >= 15 is 0 Å². The predicted molar refractivity (Wildman–Crippen MR) is 115 cm³/mol. The number of thiazole rings is 1. The molecule has 0 fully saturated rings. The quantitative estimate of drug-likeness (QED) is 0.327. The molecule has 0 saturated carbocycles. The highest BCUT2D eigenvalue weighted by atomic mass is 32.1. The lowest BCUT2D eigenvalue weighted by Crippen LogP contribution is -2.30. The second-order valence-electron chi connectivity index (χ2n) is 6.46. The van der Waals surface area contributed by atoms with Crippen molar-refractivity contribution in [2.75, 3.05) is 4.90 Å². The van der Waals surface area contributed by atoms with Gasteiger partial charge in [-0.25, -0.2) is 4.98 Å². The van der Waals surface area contributed by atoms with E-state index in [0.29, 0.717) is 15.7 Å². The molecule has 9 heteroatoms. The zero-order valence-electron chi connectivity index (χ0n) is 15.7. The van der Waals surface area contributed by atoms with Crippen LogP contribution in [-0.4, -0.2) is 20.8 Å². The minimum absolute atomic E-state index is 0.0677. The number of anilines is 1. The van der Waals surface area contributed by atoms with E-state index in [1.54, 1.807) is 6.20 Å². The van der Waals surface area contributed by atoms with E-state index in [2.05, 4.69) is 4.98 Å². The molecule has 3 aromatic heterocycles. The van der Waals surface area contributed by atoms with Crippen molar-refractivity contribution in [2.24, 2.45) is 0 Å². The van der Waals surface area contributed by atoms with E-state index in [0.717, 1.165) is 32.7 Å². The van der Waals surface area contributed by atoms with Crippen molar-refractivity contribution in [3.63, 3.8) is 0 Å². The highest BCUT2D eigenvalue weighted by Gasteiger charge is 2.25. The van der Waals surface area contributed by atoms with Crippen LogP contribution in [0.5, 0.6) is 0 Å². The molecule has 1 aromatic carbocycles. The van der Waals surface area contributed by atoms with E-state index in [-0.39, 0.29) is 17.5 Å². The minimum Gasteiger partial charge on any atom is -0.277 e. The summed E-state index contributed by atoms with van der Waals surface area (Å²) in [4.78, 5) is 34.7. The summed E-state index contributed by atoms with van der Waals surface area (Å²) < 4.78 is 0.985. The molecule has 0 atom stereocenters. The van der Waals surface area contributed by atoms with Crippen LogP contribution in [-0.2, 0) is 6.54 Å². The molecule has 4 rings (SSSR count). The first-order valence-corrected chi connectivity index (χ1v) is 10.4. The van der Waals surface area contributed by atoms with Crippen LogP contribution in [0.25, 0.3) is 10.2 Å². The number of hydrogen-bond donors (Lipinski definition) is 0. The zero-order chi connectivity index (χ0) is 20.5. The number of hydrogen-bond acceptors (Lipinski definition) is 7. The summed E-state index contributed by atoms with van der Waals surface area (Å²) in [5.74, 6) is -0.331. The Hall–Kier alpha value is -3.17. The van der Waals surface area contributed by atoms with Gasteiger partial charge in [0.1, 0.15) is 0 Å². The van der Waals surface area contributed by atoms with Crippen molar-refractivity contribution < 1.29 is 9.72 Å². The van der Waals surface area contributed by atoms with Gasteiger partial charge in [-0.05, 0) is 49.2 Å².